The van der Waals surface area contributed by atoms with Crippen LogP contribution in [0.1, 0.15) is 32.9 Å². The molecule has 3 heterocycles. The Labute approximate surface area is 835 Å². The van der Waals surface area contributed by atoms with E-state index in [-0.39, 0.29) is 137 Å². The summed E-state index contributed by atoms with van der Waals surface area (Å²) in [6.45, 7) is 0. The fourth-order valence-corrected chi connectivity index (χ4v) is 20.7. The van der Waals surface area contributed by atoms with Gasteiger partial charge in [-0.05, 0) is 292 Å². The van der Waals surface area contributed by atoms with Crippen molar-refractivity contribution < 1.29 is 46.1 Å². The average Bonchev–Trinajstić information content (AvgIpc) is 1.18. The maximum absolute atomic E-state index is 9.44. The highest BCUT2D eigenvalue weighted by atomic mass is 16.3. The monoisotopic (exact) mass is 1790 g/mol. The van der Waals surface area contributed by atoms with Crippen LogP contribution in [0.25, 0.3) is 285 Å². The SMILES string of the molecule is [2H]c1c([2H])c([2H])c2c(-c3cccc4oc5cc6ccccc6cc5c34)c3c([2H])c([2H])c([2H])c([2H])c3c(-c3ccc(-c4ccc(-c5ccccc5)cc4)cc3)c2c1[2H].[2H]c1c([2H])c([2H])c2c(-c3cccc4oc5cc6ccccc6cc5c34)c3c([2H])c([2H])c([2H])c([2H])c3c(-c3ccc4cc(-c5ccccc5)ccc4c3)c2c1[2H].[2H]c1c([2H])c([2H])c2c(-c3cccc4oc5cc6ccccc6cc5c34)c3c([2H])c([2H])c([2H])c([2H])c3c(-c3cccc(-c4ccccc4)c3)c2c1[2H]. The first-order chi connectivity index (χ1) is 78.9. The lowest BCUT2D eigenvalue weighted by Gasteiger charge is -2.18. The van der Waals surface area contributed by atoms with E-state index in [1.54, 1.807) is 18.2 Å². The summed E-state index contributed by atoms with van der Waals surface area (Å²) in [5.41, 5.74) is 16.6. The van der Waals surface area contributed by atoms with Crippen molar-refractivity contribution in [1.82, 2.24) is 0 Å². The van der Waals surface area contributed by atoms with Gasteiger partial charge >= 0.3 is 0 Å². The van der Waals surface area contributed by atoms with Gasteiger partial charge in [0.2, 0.25) is 0 Å². The summed E-state index contributed by atoms with van der Waals surface area (Å²) in [4.78, 5) is 0. The second-order valence-electron chi connectivity index (χ2n) is 34.8. The molecule has 0 unspecified atom stereocenters. The Balaban J connectivity index is 0.000000118. The third kappa shape index (κ3) is 13.8. The summed E-state index contributed by atoms with van der Waals surface area (Å²) < 4.78 is 238. The molecule has 29 aromatic rings. The van der Waals surface area contributed by atoms with Gasteiger partial charge in [-0.15, -0.1) is 0 Å². The van der Waals surface area contributed by atoms with Crippen LogP contribution in [0.3, 0.4) is 0 Å². The maximum atomic E-state index is 9.44. The summed E-state index contributed by atoms with van der Waals surface area (Å²) >= 11 is 0. The van der Waals surface area contributed by atoms with Crippen LogP contribution in [-0.4, -0.2) is 0 Å². The third-order valence-electron chi connectivity index (χ3n) is 27.0. The number of hydrogen-bond donors (Lipinski definition) is 0. The van der Waals surface area contributed by atoms with Gasteiger partial charge < -0.3 is 13.3 Å². The molecule has 0 amide bonds. The normalized spacial score (nSPS) is 14.2. The fourth-order valence-electron chi connectivity index (χ4n) is 20.7. The number of benzene rings is 26. The lowest BCUT2D eigenvalue weighted by molar-refractivity contribution is 0.669. The molecule has 0 radical (unpaired) electrons. The Hall–Kier alpha value is -18.3. The largest absolute Gasteiger partial charge is 0.456 e. The van der Waals surface area contributed by atoms with E-state index < -0.39 is 72.5 Å². The topological polar surface area (TPSA) is 39.4 Å². The molecule has 0 atom stereocenters. The van der Waals surface area contributed by atoms with Crippen molar-refractivity contribution in [2.75, 3.05) is 0 Å². The van der Waals surface area contributed by atoms with Gasteiger partial charge in [-0.25, -0.2) is 0 Å². The smallest absolute Gasteiger partial charge is 0.136 e. The molecule has 0 aliphatic carbocycles. The van der Waals surface area contributed by atoms with Crippen LogP contribution in [0.2, 0.25) is 0 Å². The van der Waals surface area contributed by atoms with Crippen LogP contribution < -0.4 is 0 Å². The molecule has 0 aliphatic heterocycles. The van der Waals surface area contributed by atoms with Crippen LogP contribution in [0, 0.1) is 0 Å². The van der Waals surface area contributed by atoms with E-state index in [2.05, 4.69) is 30.3 Å². The van der Waals surface area contributed by atoms with Gasteiger partial charge in [0.15, 0.2) is 0 Å². The third-order valence-corrected chi connectivity index (χ3v) is 27.0. The van der Waals surface area contributed by atoms with E-state index in [0.29, 0.717) is 116 Å². The van der Waals surface area contributed by atoms with Crippen molar-refractivity contribution in [1.29, 1.82) is 0 Å². The first-order valence-electron chi connectivity index (χ1n) is 57.8. The van der Waals surface area contributed by atoms with Gasteiger partial charge in [-0.1, -0.05) is 436 Å². The molecule has 29 rings (SSSR count). The molecule has 26 aromatic carbocycles. The molecule has 0 fully saturated rings. The van der Waals surface area contributed by atoms with Crippen molar-refractivity contribution >= 4 is 174 Å². The Morgan fingerprint density at radius 1 is 0.129 bits per heavy atom. The summed E-state index contributed by atoms with van der Waals surface area (Å²) in [6.07, 6.45) is 0. The number of rotatable bonds is 10. The molecular formula is C136H84O3. The molecule has 3 nitrogen and oxygen atoms in total. The quantitative estimate of drug-likeness (QED) is 0.128. The lowest BCUT2D eigenvalue weighted by atomic mass is 9.84. The first kappa shape index (κ1) is 59.4. The molecule has 3 aromatic heterocycles. The number of fused-ring (bicyclic) bond motifs is 19. The zero-order valence-corrected chi connectivity index (χ0v) is 73.9. The minimum Gasteiger partial charge on any atom is -0.456 e. The van der Waals surface area contributed by atoms with Gasteiger partial charge in [0, 0.05) is 32.3 Å². The zero-order chi connectivity index (χ0) is 112. The highest BCUT2D eigenvalue weighted by Gasteiger charge is 2.27. The van der Waals surface area contributed by atoms with Crippen molar-refractivity contribution in [3.8, 4) is 111 Å². The molecule has 3 heteroatoms. The Morgan fingerprint density at radius 3 is 0.662 bits per heavy atom. The Kier molecular flexibility index (Phi) is 14.3. The van der Waals surface area contributed by atoms with Gasteiger partial charge in [-0.2, -0.15) is 0 Å². The van der Waals surface area contributed by atoms with Crippen molar-refractivity contribution in [3.05, 3.63) is 509 Å². The fraction of sp³-hybridized carbons (Fsp3) is 0. The van der Waals surface area contributed by atoms with Gasteiger partial charge in [0.1, 0.15) is 33.5 Å². The van der Waals surface area contributed by atoms with E-state index in [1.807, 2.05) is 315 Å². The predicted molar refractivity (Wildman–Crippen MR) is 591 cm³/mol. The molecular weight excluding hydrogens is 1680 g/mol. The zero-order valence-electron chi connectivity index (χ0n) is 97.9. The molecule has 0 saturated carbocycles. The van der Waals surface area contributed by atoms with E-state index in [1.165, 1.54) is 0 Å². The second kappa shape index (κ2) is 33.4. The molecule has 0 spiro atoms. The minimum atomic E-state index is -0.440. The van der Waals surface area contributed by atoms with Crippen LogP contribution in [0.5, 0.6) is 0 Å². The van der Waals surface area contributed by atoms with Crippen molar-refractivity contribution in [3.63, 3.8) is 0 Å². The number of furan rings is 3. The van der Waals surface area contributed by atoms with Crippen LogP contribution in [-0.2, 0) is 0 Å². The predicted octanol–water partition coefficient (Wildman–Crippen LogP) is 39.0. The Morgan fingerprint density at radius 2 is 0.338 bits per heavy atom. The molecule has 0 aliphatic rings. The molecule has 139 heavy (non-hydrogen) atoms. The maximum Gasteiger partial charge on any atom is 0.136 e. The standard InChI is InChI=1S/C48H30O.C46H28O.C42H26O/c1-2-11-31(12-3-1)32-21-23-33(24-22-32)34-25-27-35(28-26-34)46-38-15-6-8-17-40(38)47(41-18-9-7-16-39(41)46)42-19-10-20-44-48(42)43-29-36-13-4-5-14-37(36)30-45(43)49-44;1-2-11-29(12-3-1)32-21-22-34-26-35(24-23-33(34)25-32)44-36-15-6-8-17-38(36)45(39-18-9-7-16-37(39)44)40-19-10-20-42-46(40)41-27-30-13-4-5-14-31(30)28-43(41)47-42;1-2-12-27(13-3-1)28-16-10-17-31(24-28)40-32-18-6-8-20-34(32)41(35-21-9-7-19-33(35)40)36-22-11-23-38-42(36)37-25-29-14-4-5-15-30(29)26-39(37)43-38/h1-30H;1-28H;1-26H/i2*6D,7D,8D,9D,15D,16D,17D,18D;6D,7D,8D,9D,18D,19D,20D,21D. The van der Waals surface area contributed by atoms with E-state index in [4.69, 9.17) is 29.7 Å². The van der Waals surface area contributed by atoms with Crippen LogP contribution >= 0.6 is 0 Å². The van der Waals surface area contributed by atoms with Crippen LogP contribution in [0.4, 0.5) is 0 Å². The molecule has 0 bridgehead atoms. The molecule has 0 saturated heterocycles. The second-order valence-corrected chi connectivity index (χ2v) is 34.8. The van der Waals surface area contributed by atoms with E-state index in [0.717, 1.165) is 104 Å². The highest BCUT2D eigenvalue weighted by molar-refractivity contribution is 6.31. The molecule has 646 valence electrons. The highest BCUT2D eigenvalue weighted by Crippen LogP contribution is 2.53. The van der Waals surface area contributed by atoms with E-state index >= 15 is 0 Å². The lowest BCUT2D eigenvalue weighted by Crippen LogP contribution is -1.91. The summed E-state index contributed by atoms with van der Waals surface area (Å²) in [5.74, 6) is 0. The van der Waals surface area contributed by atoms with Gasteiger partial charge in [-0.3, -0.25) is 0 Å². The molecule has 0 N–H and O–H groups in total. The van der Waals surface area contributed by atoms with Crippen molar-refractivity contribution in [2.45, 2.75) is 0 Å². The van der Waals surface area contributed by atoms with Crippen LogP contribution in [0.15, 0.2) is 522 Å². The minimum absolute atomic E-state index is 0.164. The van der Waals surface area contributed by atoms with E-state index in [9.17, 15) is 16.4 Å². The first-order valence-corrected chi connectivity index (χ1v) is 45.8. The van der Waals surface area contributed by atoms with Gasteiger partial charge in [0.05, 0.1) is 32.9 Å². The summed E-state index contributed by atoms with van der Waals surface area (Å²) in [6, 6.07) is 108. The van der Waals surface area contributed by atoms with Gasteiger partial charge in [0.25, 0.3) is 0 Å². The summed E-state index contributed by atoms with van der Waals surface area (Å²) in [5, 5.41) is 14.1. The Bertz CT molecular complexity index is 11300. The number of hydrogen-bond acceptors (Lipinski definition) is 3. The van der Waals surface area contributed by atoms with Crippen molar-refractivity contribution in [2.24, 2.45) is 0 Å². The summed E-state index contributed by atoms with van der Waals surface area (Å²) in [7, 11) is 0. The average molecular weight is 1790 g/mol.